The van der Waals surface area contributed by atoms with Crippen molar-refractivity contribution in [1.29, 1.82) is 0 Å². The van der Waals surface area contributed by atoms with Gasteiger partial charge in [0.2, 0.25) is 6.41 Å². The van der Waals surface area contributed by atoms with Gasteiger partial charge in [-0.3, -0.25) is 9.78 Å². The summed E-state index contributed by atoms with van der Waals surface area (Å²) in [5, 5.41) is 0.0217. The van der Waals surface area contributed by atoms with E-state index in [9.17, 15) is 26.4 Å². The topological polar surface area (TPSA) is 76.6 Å². The highest BCUT2D eigenvalue weighted by molar-refractivity contribution is 7.92. The van der Waals surface area contributed by atoms with E-state index in [-0.39, 0.29) is 24.3 Å². The molecule has 4 rings (SSSR count). The molecule has 0 aliphatic carbocycles. The van der Waals surface area contributed by atoms with Gasteiger partial charge >= 0.3 is 6.36 Å². The number of benzene rings is 2. The normalized spacial score (nSPS) is 19.7. The summed E-state index contributed by atoms with van der Waals surface area (Å²) < 4.78 is 67.9. The predicted molar refractivity (Wildman–Crippen MR) is 111 cm³/mol. The zero-order chi connectivity index (χ0) is 22.9. The molecular formula is C22H19F3N2O4S. The van der Waals surface area contributed by atoms with Crippen molar-refractivity contribution in [1.82, 2.24) is 9.88 Å². The number of carbonyl (C=O) groups excluding carboxylic acids is 1. The Bertz CT molecular complexity index is 1250. The second-order valence-corrected chi connectivity index (χ2v) is 9.73. The minimum absolute atomic E-state index is 0.0801. The maximum atomic E-state index is 13.2. The van der Waals surface area contributed by atoms with Gasteiger partial charge in [-0.05, 0) is 43.2 Å². The number of ether oxygens (including phenoxy) is 1. The highest BCUT2D eigenvalue weighted by Crippen LogP contribution is 2.36. The van der Waals surface area contributed by atoms with Crippen molar-refractivity contribution in [3.8, 4) is 5.75 Å². The number of aromatic nitrogens is 1. The number of alkyl halides is 3. The smallest absolute Gasteiger partial charge is 0.406 e. The average molecular weight is 464 g/mol. The Morgan fingerprint density at radius 1 is 1.06 bits per heavy atom. The molecule has 1 aliphatic rings. The van der Waals surface area contributed by atoms with Crippen molar-refractivity contribution in [2.75, 3.05) is 6.54 Å². The van der Waals surface area contributed by atoms with Crippen molar-refractivity contribution >= 4 is 27.2 Å². The lowest BCUT2D eigenvalue weighted by Crippen LogP contribution is -2.41. The molecule has 1 fully saturated rings. The molecule has 32 heavy (non-hydrogen) atoms. The van der Waals surface area contributed by atoms with Gasteiger partial charge in [0, 0.05) is 11.9 Å². The van der Waals surface area contributed by atoms with E-state index in [1.165, 1.54) is 17.0 Å². The zero-order valence-electron chi connectivity index (χ0n) is 16.7. The van der Waals surface area contributed by atoms with E-state index in [0.29, 0.717) is 12.1 Å². The van der Waals surface area contributed by atoms with Crippen molar-refractivity contribution in [3.05, 3.63) is 66.4 Å². The number of amides is 1. The van der Waals surface area contributed by atoms with E-state index in [0.717, 1.165) is 23.0 Å². The Hall–Kier alpha value is -3.14. The molecule has 0 bridgehead atoms. The molecule has 0 saturated carbocycles. The number of fused-ring (bicyclic) bond motifs is 1. The van der Waals surface area contributed by atoms with Crippen LogP contribution in [-0.2, 0) is 14.6 Å². The molecule has 1 aliphatic heterocycles. The number of para-hydroxylation sites is 1. The fourth-order valence-electron chi connectivity index (χ4n) is 3.96. The van der Waals surface area contributed by atoms with Crippen LogP contribution in [0.15, 0.2) is 65.6 Å². The standard InChI is InChI=1S/C22H19F3N2O4S/c23-22(24,25)31-16-5-3-6-17(12-16)32(29,30)18-10-11-27(14-28)21(13-18)20-9-8-15-4-1-2-7-19(15)26-20/h1-9,12,14,18,21H,10-11,13H2. The molecule has 1 saturated heterocycles. The van der Waals surface area contributed by atoms with Crippen molar-refractivity contribution in [2.45, 2.75) is 35.4 Å². The molecule has 2 heterocycles. The van der Waals surface area contributed by atoms with Gasteiger partial charge in [-0.2, -0.15) is 0 Å². The van der Waals surface area contributed by atoms with Gasteiger partial charge < -0.3 is 9.64 Å². The number of pyridine rings is 1. The van der Waals surface area contributed by atoms with Gasteiger partial charge in [-0.1, -0.05) is 30.3 Å². The van der Waals surface area contributed by atoms with Gasteiger partial charge in [-0.25, -0.2) is 8.42 Å². The number of sulfone groups is 1. The highest BCUT2D eigenvalue weighted by atomic mass is 32.2. The first-order valence-electron chi connectivity index (χ1n) is 9.84. The minimum Gasteiger partial charge on any atom is -0.406 e. The maximum absolute atomic E-state index is 13.2. The lowest BCUT2D eigenvalue weighted by molar-refractivity contribution is -0.274. The molecule has 2 atom stereocenters. The Morgan fingerprint density at radius 2 is 1.84 bits per heavy atom. The number of rotatable bonds is 5. The van der Waals surface area contributed by atoms with E-state index >= 15 is 0 Å². The second kappa shape index (κ2) is 8.42. The summed E-state index contributed by atoms with van der Waals surface area (Å²) in [6.07, 6.45) is -4.01. The van der Waals surface area contributed by atoms with E-state index < -0.39 is 33.2 Å². The molecule has 2 aromatic carbocycles. The third kappa shape index (κ3) is 4.55. The Labute approximate surface area is 182 Å². The lowest BCUT2D eigenvalue weighted by Gasteiger charge is -2.36. The van der Waals surface area contributed by atoms with Gasteiger partial charge in [-0.15, -0.1) is 13.2 Å². The fraction of sp³-hybridized carbons (Fsp3) is 0.273. The van der Waals surface area contributed by atoms with Crippen molar-refractivity contribution < 1.29 is 31.1 Å². The van der Waals surface area contributed by atoms with Crippen LogP contribution in [0.3, 0.4) is 0 Å². The van der Waals surface area contributed by atoms with E-state index in [2.05, 4.69) is 9.72 Å². The number of hydrogen-bond acceptors (Lipinski definition) is 5. The maximum Gasteiger partial charge on any atom is 0.573 e. The van der Waals surface area contributed by atoms with Crippen LogP contribution in [0.1, 0.15) is 24.6 Å². The summed E-state index contributed by atoms with van der Waals surface area (Å²) in [7, 11) is -3.97. The Balaban J connectivity index is 1.64. The van der Waals surface area contributed by atoms with Gasteiger partial charge in [0.25, 0.3) is 0 Å². The SMILES string of the molecule is O=CN1CCC(S(=O)(=O)c2cccc(OC(F)(F)F)c2)CC1c1ccc2ccccc2n1. The first-order valence-corrected chi connectivity index (χ1v) is 11.4. The molecule has 3 aromatic rings. The van der Waals surface area contributed by atoms with Crippen LogP contribution in [-0.4, -0.2) is 42.9 Å². The van der Waals surface area contributed by atoms with Crippen molar-refractivity contribution in [3.63, 3.8) is 0 Å². The third-order valence-electron chi connectivity index (χ3n) is 5.50. The summed E-state index contributed by atoms with van der Waals surface area (Å²) in [6, 6.07) is 14.8. The highest BCUT2D eigenvalue weighted by Gasteiger charge is 2.38. The first-order chi connectivity index (χ1) is 15.2. The van der Waals surface area contributed by atoms with Crippen LogP contribution in [0, 0.1) is 0 Å². The van der Waals surface area contributed by atoms with Crippen LogP contribution < -0.4 is 4.74 Å². The largest absolute Gasteiger partial charge is 0.573 e. The summed E-state index contributed by atoms with van der Waals surface area (Å²) in [5.74, 6) is -0.600. The average Bonchev–Trinajstić information content (AvgIpc) is 2.77. The molecule has 0 N–H and O–H groups in total. The Kier molecular flexibility index (Phi) is 5.81. The van der Waals surface area contributed by atoms with Gasteiger partial charge in [0.05, 0.1) is 27.4 Å². The molecule has 0 spiro atoms. The van der Waals surface area contributed by atoms with Crippen LogP contribution in [0.5, 0.6) is 5.75 Å². The summed E-state index contributed by atoms with van der Waals surface area (Å²) in [6.45, 7) is 0.186. The summed E-state index contributed by atoms with van der Waals surface area (Å²) >= 11 is 0. The quantitative estimate of drug-likeness (QED) is 0.527. The Morgan fingerprint density at radius 3 is 2.59 bits per heavy atom. The summed E-state index contributed by atoms with van der Waals surface area (Å²) in [4.78, 5) is 17.5. The first kappa shape index (κ1) is 22.1. The monoisotopic (exact) mass is 464 g/mol. The predicted octanol–water partition coefficient (Wildman–Crippen LogP) is 4.27. The molecule has 10 heteroatoms. The number of likely N-dealkylation sites (tertiary alicyclic amines) is 1. The second-order valence-electron chi connectivity index (χ2n) is 7.50. The van der Waals surface area contributed by atoms with E-state index in [1.54, 1.807) is 6.07 Å². The number of piperidine rings is 1. The molecule has 1 aromatic heterocycles. The van der Waals surface area contributed by atoms with E-state index in [1.807, 2.05) is 30.3 Å². The van der Waals surface area contributed by atoms with Crippen LogP contribution >= 0.6 is 0 Å². The van der Waals surface area contributed by atoms with Crippen LogP contribution in [0.4, 0.5) is 13.2 Å². The molecule has 168 valence electrons. The summed E-state index contributed by atoms with van der Waals surface area (Å²) in [5.41, 5.74) is 1.28. The number of carbonyl (C=O) groups is 1. The van der Waals surface area contributed by atoms with Gasteiger partial charge in [0.15, 0.2) is 9.84 Å². The minimum atomic E-state index is -4.93. The number of halogens is 3. The fourth-order valence-corrected chi connectivity index (χ4v) is 5.74. The van der Waals surface area contributed by atoms with Crippen LogP contribution in [0.25, 0.3) is 10.9 Å². The number of nitrogens with zero attached hydrogens (tertiary/aromatic N) is 2. The zero-order valence-corrected chi connectivity index (χ0v) is 17.5. The van der Waals surface area contributed by atoms with Crippen LogP contribution in [0.2, 0.25) is 0 Å². The number of hydrogen-bond donors (Lipinski definition) is 0. The van der Waals surface area contributed by atoms with Gasteiger partial charge in [0.1, 0.15) is 5.75 Å². The lowest BCUT2D eigenvalue weighted by atomic mass is 9.98. The molecule has 1 amide bonds. The third-order valence-corrected chi connectivity index (χ3v) is 7.72. The molecule has 6 nitrogen and oxygen atoms in total. The molecular weight excluding hydrogens is 445 g/mol. The van der Waals surface area contributed by atoms with E-state index in [4.69, 9.17) is 0 Å². The molecule has 2 unspecified atom stereocenters. The van der Waals surface area contributed by atoms with Crippen molar-refractivity contribution in [2.24, 2.45) is 0 Å². The molecule has 0 radical (unpaired) electrons.